The fourth-order valence-electron chi connectivity index (χ4n) is 3.30. The van der Waals surface area contributed by atoms with Crippen LogP contribution in [0.2, 0.25) is 0 Å². The summed E-state index contributed by atoms with van der Waals surface area (Å²) in [6.07, 6.45) is 6.24. The quantitative estimate of drug-likeness (QED) is 0.744. The molecule has 1 heterocycles. The minimum atomic E-state index is -0.982. The van der Waals surface area contributed by atoms with E-state index in [4.69, 9.17) is 0 Å². The molecular formula is C19H24ClNOS2. The van der Waals surface area contributed by atoms with Crippen molar-refractivity contribution >= 4 is 35.9 Å². The van der Waals surface area contributed by atoms with Crippen molar-refractivity contribution in [3.63, 3.8) is 0 Å². The lowest BCUT2D eigenvalue weighted by Gasteiger charge is -2.35. The van der Waals surface area contributed by atoms with Crippen molar-refractivity contribution in [2.24, 2.45) is 0 Å². The summed E-state index contributed by atoms with van der Waals surface area (Å²) in [5.74, 6) is 0. The third kappa shape index (κ3) is 3.78. The van der Waals surface area contributed by atoms with E-state index in [1.54, 1.807) is 23.5 Å². The molecule has 0 bridgehead atoms. The van der Waals surface area contributed by atoms with Gasteiger partial charge in [0.15, 0.2) is 0 Å². The summed E-state index contributed by atoms with van der Waals surface area (Å²) in [7, 11) is 0. The maximum atomic E-state index is 11.7. The lowest BCUT2D eigenvalue weighted by molar-refractivity contribution is 0.0441. The molecule has 0 saturated carbocycles. The minimum absolute atomic E-state index is 0. The summed E-state index contributed by atoms with van der Waals surface area (Å²) >= 11 is 3.44. The third-order valence-corrected chi connectivity index (χ3v) is 6.11. The van der Waals surface area contributed by atoms with Gasteiger partial charge >= 0.3 is 0 Å². The monoisotopic (exact) mass is 381 g/mol. The van der Waals surface area contributed by atoms with E-state index in [0.717, 1.165) is 30.5 Å². The second-order valence-corrected chi connectivity index (χ2v) is 7.63. The molecule has 2 N–H and O–H groups in total. The highest BCUT2D eigenvalue weighted by atomic mass is 35.5. The van der Waals surface area contributed by atoms with Gasteiger partial charge in [0.25, 0.3) is 0 Å². The largest absolute Gasteiger partial charge is 0.379 e. The van der Waals surface area contributed by atoms with Crippen molar-refractivity contribution in [3.8, 4) is 0 Å². The molecule has 1 fully saturated rings. The Morgan fingerprint density at radius 3 is 1.71 bits per heavy atom. The topological polar surface area (TPSA) is 32.3 Å². The summed E-state index contributed by atoms with van der Waals surface area (Å²) in [5, 5.41) is 15.2. The molecule has 2 nitrogen and oxygen atoms in total. The zero-order valence-corrected chi connectivity index (χ0v) is 16.4. The Balaban J connectivity index is 0.00000208. The Labute approximate surface area is 159 Å². The van der Waals surface area contributed by atoms with Crippen molar-refractivity contribution < 1.29 is 5.11 Å². The molecule has 1 aliphatic rings. The summed E-state index contributed by atoms with van der Waals surface area (Å²) in [6, 6.07) is 16.7. The van der Waals surface area contributed by atoms with Crippen LogP contribution >= 0.6 is 35.9 Å². The van der Waals surface area contributed by atoms with E-state index in [1.807, 2.05) is 0 Å². The van der Waals surface area contributed by atoms with Crippen LogP contribution in [0.15, 0.2) is 58.3 Å². The highest BCUT2D eigenvalue weighted by Crippen LogP contribution is 2.37. The summed E-state index contributed by atoms with van der Waals surface area (Å²) in [5.41, 5.74) is 0.947. The molecule has 5 heteroatoms. The molecule has 0 spiro atoms. The number of benzene rings is 2. The number of aliphatic hydroxyl groups is 1. The zero-order chi connectivity index (χ0) is 16.3. The number of thioether (sulfide) groups is 2. The van der Waals surface area contributed by atoms with Gasteiger partial charge < -0.3 is 10.4 Å². The van der Waals surface area contributed by atoms with Gasteiger partial charge in [-0.2, -0.15) is 0 Å². The highest BCUT2D eigenvalue weighted by molar-refractivity contribution is 7.98. The van der Waals surface area contributed by atoms with Gasteiger partial charge in [0.2, 0.25) is 0 Å². The molecule has 24 heavy (non-hydrogen) atoms. The van der Waals surface area contributed by atoms with Crippen LogP contribution in [-0.4, -0.2) is 30.2 Å². The molecular weight excluding hydrogens is 358 g/mol. The van der Waals surface area contributed by atoms with Gasteiger partial charge in [-0.05, 0) is 67.3 Å². The normalized spacial score (nSPS) is 17.5. The smallest absolute Gasteiger partial charge is 0.130 e. The Morgan fingerprint density at radius 2 is 1.38 bits per heavy atom. The highest BCUT2D eigenvalue weighted by Gasteiger charge is 2.41. The molecule has 2 aromatic carbocycles. The van der Waals surface area contributed by atoms with E-state index < -0.39 is 5.60 Å². The molecule has 2 aromatic rings. The number of hydrogen-bond acceptors (Lipinski definition) is 4. The van der Waals surface area contributed by atoms with E-state index in [9.17, 15) is 5.11 Å². The molecule has 0 aliphatic carbocycles. The van der Waals surface area contributed by atoms with E-state index in [1.165, 1.54) is 9.79 Å². The van der Waals surface area contributed by atoms with E-state index in [0.29, 0.717) is 0 Å². The van der Waals surface area contributed by atoms with Crippen LogP contribution in [0, 0.1) is 0 Å². The van der Waals surface area contributed by atoms with Crippen molar-refractivity contribution in [1.82, 2.24) is 5.32 Å². The van der Waals surface area contributed by atoms with Crippen LogP contribution < -0.4 is 5.32 Å². The Hall–Kier alpha value is -0.650. The number of hydrogen-bond donors (Lipinski definition) is 2. The van der Waals surface area contributed by atoms with Crippen LogP contribution in [0.4, 0.5) is 0 Å². The predicted octanol–water partition coefficient (Wildman–Crippen LogP) is 4.54. The van der Waals surface area contributed by atoms with Gasteiger partial charge in [0.05, 0.1) is 0 Å². The van der Waals surface area contributed by atoms with Crippen molar-refractivity contribution in [3.05, 3.63) is 59.7 Å². The summed E-state index contributed by atoms with van der Waals surface area (Å²) in [4.78, 5) is 2.43. The predicted molar refractivity (Wildman–Crippen MR) is 108 cm³/mol. The summed E-state index contributed by atoms with van der Waals surface area (Å²) in [6.45, 7) is 0.971. The molecule has 0 aromatic heterocycles. The maximum absolute atomic E-state index is 11.7. The first-order valence-corrected chi connectivity index (χ1v) is 10.4. The molecule has 0 radical (unpaired) electrons. The fraction of sp³-hybridized carbons (Fsp3) is 0.368. The number of halogens is 1. The van der Waals surface area contributed by atoms with E-state index in [2.05, 4.69) is 66.4 Å². The second-order valence-electron chi connectivity index (χ2n) is 5.87. The first-order valence-electron chi connectivity index (χ1n) is 7.93. The van der Waals surface area contributed by atoms with Crippen LogP contribution in [-0.2, 0) is 5.60 Å². The van der Waals surface area contributed by atoms with Crippen molar-refractivity contribution in [2.75, 3.05) is 19.1 Å². The molecule has 1 saturated heterocycles. The second kappa shape index (κ2) is 8.63. The van der Waals surface area contributed by atoms with Gasteiger partial charge in [0, 0.05) is 15.8 Å². The molecule has 0 amide bonds. The van der Waals surface area contributed by atoms with Gasteiger partial charge in [-0.3, -0.25) is 0 Å². The minimum Gasteiger partial charge on any atom is -0.379 e. The van der Waals surface area contributed by atoms with E-state index in [-0.39, 0.29) is 18.4 Å². The molecule has 1 aliphatic heterocycles. The molecule has 3 rings (SSSR count). The molecule has 0 unspecified atom stereocenters. The molecule has 1 atom stereocenters. The van der Waals surface area contributed by atoms with Crippen LogP contribution in [0.5, 0.6) is 0 Å². The van der Waals surface area contributed by atoms with Crippen LogP contribution in [0.1, 0.15) is 24.0 Å². The van der Waals surface area contributed by atoms with Crippen molar-refractivity contribution in [2.45, 2.75) is 34.3 Å². The van der Waals surface area contributed by atoms with Gasteiger partial charge in [-0.15, -0.1) is 35.9 Å². The average Bonchev–Trinajstić information content (AvgIpc) is 3.16. The van der Waals surface area contributed by atoms with Crippen molar-refractivity contribution in [1.29, 1.82) is 0 Å². The standard InChI is InChI=1S/C19H23NOS2.ClH/c1-22-16-9-5-14(6-10-16)19(21,18-4-3-13-20-18)15-7-11-17(23-2)12-8-15;/h5-12,18,20-21H,3-4,13H2,1-2H3;1H/t18-;/m1./s1. The molecule has 130 valence electrons. The third-order valence-electron chi connectivity index (χ3n) is 4.62. The van der Waals surface area contributed by atoms with Gasteiger partial charge in [-0.25, -0.2) is 0 Å². The van der Waals surface area contributed by atoms with Crippen LogP contribution in [0.3, 0.4) is 0 Å². The first-order chi connectivity index (χ1) is 11.2. The Kier molecular flexibility index (Phi) is 7.08. The van der Waals surface area contributed by atoms with Gasteiger partial charge in [-0.1, -0.05) is 24.3 Å². The maximum Gasteiger partial charge on any atom is 0.130 e. The lowest BCUT2D eigenvalue weighted by Crippen LogP contribution is -2.46. The van der Waals surface area contributed by atoms with Crippen LogP contribution in [0.25, 0.3) is 0 Å². The zero-order valence-electron chi connectivity index (χ0n) is 14.0. The lowest BCUT2D eigenvalue weighted by atomic mass is 9.79. The van der Waals surface area contributed by atoms with E-state index >= 15 is 0 Å². The Bertz CT molecular complexity index is 592. The fourth-order valence-corrected chi connectivity index (χ4v) is 4.12. The average molecular weight is 382 g/mol. The summed E-state index contributed by atoms with van der Waals surface area (Å²) < 4.78 is 0. The SMILES string of the molecule is CSc1ccc(C(O)(c2ccc(SC)cc2)[C@H]2CCCN2)cc1.Cl. The first kappa shape index (κ1) is 19.7. The Morgan fingerprint density at radius 1 is 0.917 bits per heavy atom. The number of nitrogens with one attached hydrogen (secondary N) is 1. The number of rotatable bonds is 5. The van der Waals surface area contributed by atoms with Gasteiger partial charge in [0.1, 0.15) is 5.60 Å².